The van der Waals surface area contributed by atoms with Gasteiger partial charge in [-0.25, -0.2) is 4.98 Å². The molecule has 19 heavy (non-hydrogen) atoms. The molecule has 1 aliphatic heterocycles. The number of amides is 1. The van der Waals surface area contributed by atoms with Crippen molar-refractivity contribution in [3.8, 4) is 0 Å². The molecule has 1 fully saturated rings. The topological polar surface area (TPSA) is 62.2 Å². The number of aromatic nitrogens is 2. The number of hydrogen-bond acceptors (Lipinski definition) is 4. The Kier molecular flexibility index (Phi) is 4.93. The number of hydrogen-bond donors (Lipinski definition) is 2. The molecular formula is C13H23N5O. The van der Waals surface area contributed by atoms with Crippen molar-refractivity contribution in [3.05, 3.63) is 18.2 Å². The van der Waals surface area contributed by atoms with Gasteiger partial charge in [-0.05, 0) is 6.42 Å². The molecule has 1 saturated heterocycles. The minimum absolute atomic E-state index is 0.0776. The predicted molar refractivity (Wildman–Crippen MR) is 73.7 cm³/mol. The van der Waals surface area contributed by atoms with Crippen molar-refractivity contribution >= 4 is 5.91 Å². The number of carbonyl (C=O) groups is 1. The zero-order valence-electron chi connectivity index (χ0n) is 11.7. The van der Waals surface area contributed by atoms with Crippen LogP contribution in [0.15, 0.2) is 12.5 Å². The highest BCUT2D eigenvalue weighted by Crippen LogP contribution is 2.11. The van der Waals surface area contributed by atoms with E-state index in [1.165, 1.54) is 5.69 Å². The summed E-state index contributed by atoms with van der Waals surface area (Å²) in [7, 11) is 1.69. The van der Waals surface area contributed by atoms with Gasteiger partial charge in [-0.3, -0.25) is 9.69 Å². The summed E-state index contributed by atoms with van der Waals surface area (Å²) < 4.78 is 2.17. The molecule has 0 aromatic carbocycles. The number of piperazine rings is 1. The number of rotatable bonds is 5. The molecule has 6 nitrogen and oxygen atoms in total. The van der Waals surface area contributed by atoms with Crippen molar-refractivity contribution in [3.63, 3.8) is 0 Å². The number of carbonyl (C=O) groups excluding carboxylic acids is 1. The second-order valence-corrected chi connectivity index (χ2v) is 4.88. The van der Waals surface area contributed by atoms with E-state index in [-0.39, 0.29) is 11.9 Å². The lowest BCUT2D eigenvalue weighted by atomic mass is 10.1. The van der Waals surface area contributed by atoms with E-state index in [4.69, 9.17) is 0 Å². The quantitative estimate of drug-likeness (QED) is 0.775. The Hall–Kier alpha value is -1.40. The molecule has 2 heterocycles. The first kappa shape index (κ1) is 14.0. The first-order chi connectivity index (χ1) is 9.26. The van der Waals surface area contributed by atoms with Crippen LogP contribution in [-0.2, 0) is 17.9 Å². The summed E-state index contributed by atoms with van der Waals surface area (Å²) in [6.45, 7) is 6.43. The van der Waals surface area contributed by atoms with Crippen LogP contribution >= 0.6 is 0 Å². The summed E-state index contributed by atoms with van der Waals surface area (Å²) in [5.41, 5.74) is 1.18. The molecule has 106 valence electrons. The third-order valence-electron chi connectivity index (χ3n) is 3.53. The molecule has 1 unspecified atom stereocenters. The van der Waals surface area contributed by atoms with E-state index in [0.717, 1.165) is 32.6 Å². The highest BCUT2D eigenvalue weighted by molar-refractivity contribution is 5.81. The maximum absolute atomic E-state index is 11.9. The Balaban J connectivity index is 2.06. The molecular weight excluding hydrogens is 242 g/mol. The summed E-state index contributed by atoms with van der Waals surface area (Å²) in [4.78, 5) is 18.3. The van der Waals surface area contributed by atoms with Gasteiger partial charge in [-0.15, -0.1) is 0 Å². The summed E-state index contributed by atoms with van der Waals surface area (Å²) >= 11 is 0. The fraction of sp³-hybridized carbons (Fsp3) is 0.692. The van der Waals surface area contributed by atoms with Gasteiger partial charge in [0.2, 0.25) is 5.91 Å². The van der Waals surface area contributed by atoms with Crippen molar-refractivity contribution in [2.45, 2.75) is 32.5 Å². The molecule has 0 bridgehead atoms. The number of imidazole rings is 1. The number of aryl methyl sites for hydroxylation is 1. The lowest BCUT2D eigenvalue weighted by Crippen LogP contribution is -2.57. The standard InChI is InChI=1S/C13H23N5O/c1-3-5-18-10-16-7-11(18)9-17-6-4-15-8-12(17)13(19)14-2/h7,10,12,15H,3-6,8-9H2,1-2H3,(H,14,19). The molecule has 0 spiro atoms. The van der Waals surface area contributed by atoms with Crippen LogP contribution in [0.1, 0.15) is 19.0 Å². The SMILES string of the molecule is CCCn1cncc1CN1CCNCC1C(=O)NC. The van der Waals surface area contributed by atoms with Gasteiger partial charge in [0.25, 0.3) is 0 Å². The summed E-state index contributed by atoms with van der Waals surface area (Å²) in [5, 5.41) is 6.02. The maximum Gasteiger partial charge on any atom is 0.238 e. The first-order valence-electron chi connectivity index (χ1n) is 6.91. The fourth-order valence-electron chi connectivity index (χ4n) is 2.49. The first-order valence-corrected chi connectivity index (χ1v) is 6.91. The molecule has 1 aromatic rings. The van der Waals surface area contributed by atoms with Crippen LogP contribution < -0.4 is 10.6 Å². The minimum Gasteiger partial charge on any atom is -0.358 e. The Labute approximate surface area is 114 Å². The minimum atomic E-state index is -0.0938. The van der Waals surface area contributed by atoms with Gasteiger partial charge >= 0.3 is 0 Å². The largest absolute Gasteiger partial charge is 0.358 e. The van der Waals surface area contributed by atoms with Crippen LogP contribution in [0.25, 0.3) is 0 Å². The monoisotopic (exact) mass is 265 g/mol. The Morgan fingerprint density at radius 3 is 3.21 bits per heavy atom. The molecule has 1 atom stereocenters. The van der Waals surface area contributed by atoms with Crippen LogP contribution in [0.4, 0.5) is 0 Å². The molecule has 1 aromatic heterocycles. The van der Waals surface area contributed by atoms with Crippen LogP contribution in [0, 0.1) is 0 Å². The van der Waals surface area contributed by atoms with E-state index in [9.17, 15) is 4.79 Å². The van der Waals surface area contributed by atoms with Gasteiger partial charge in [0.15, 0.2) is 0 Å². The van der Waals surface area contributed by atoms with E-state index >= 15 is 0 Å². The molecule has 1 aliphatic rings. The van der Waals surface area contributed by atoms with Crippen LogP contribution in [0.3, 0.4) is 0 Å². The summed E-state index contributed by atoms with van der Waals surface area (Å²) in [6, 6.07) is -0.0938. The molecule has 6 heteroatoms. The van der Waals surface area contributed by atoms with Gasteiger partial charge in [0, 0.05) is 46.0 Å². The van der Waals surface area contributed by atoms with Crippen molar-refractivity contribution < 1.29 is 4.79 Å². The van der Waals surface area contributed by atoms with E-state index in [0.29, 0.717) is 6.54 Å². The fourth-order valence-corrected chi connectivity index (χ4v) is 2.49. The highest BCUT2D eigenvalue weighted by Gasteiger charge is 2.28. The molecule has 2 rings (SSSR count). The summed E-state index contributed by atoms with van der Waals surface area (Å²) in [5.74, 6) is 0.0776. The molecule has 0 aliphatic carbocycles. The van der Waals surface area contributed by atoms with Crippen LogP contribution in [-0.4, -0.2) is 53.1 Å². The second kappa shape index (κ2) is 6.68. The van der Waals surface area contributed by atoms with Crippen molar-refractivity contribution in [2.24, 2.45) is 0 Å². The number of nitrogens with one attached hydrogen (secondary N) is 2. The van der Waals surface area contributed by atoms with Crippen molar-refractivity contribution in [1.82, 2.24) is 25.1 Å². The van der Waals surface area contributed by atoms with Gasteiger partial charge in [-0.1, -0.05) is 6.92 Å². The predicted octanol–water partition coefficient (Wildman–Crippen LogP) is -0.187. The number of nitrogens with zero attached hydrogens (tertiary/aromatic N) is 3. The van der Waals surface area contributed by atoms with Crippen LogP contribution in [0.2, 0.25) is 0 Å². The normalized spacial score (nSPS) is 20.4. The zero-order chi connectivity index (χ0) is 13.7. The average molecular weight is 265 g/mol. The lowest BCUT2D eigenvalue weighted by molar-refractivity contribution is -0.126. The molecule has 0 saturated carbocycles. The highest BCUT2D eigenvalue weighted by atomic mass is 16.2. The van der Waals surface area contributed by atoms with Gasteiger partial charge in [0.05, 0.1) is 12.0 Å². The van der Waals surface area contributed by atoms with Gasteiger partial charge < -0.3 is 15.2 Å². The van der Waals surface area contributed by atoms with Gasteiger partial charge in [0.1, 0.15) is 6.04 Å². The van der Waals surface area contributed by atoms with Crippen LogP contribution in [0.5, 0.6) is 0 Å². The summed E-state index contributed by atoms with van der Waals surface area (Å²) in [6.07, 6.45) is 4.86. The van der Waals surface area contributed by atoms with Crippen molar-refractivity contribution in [1.29, 1.82) is 0 Å². The van der Waals surface area contributed by atoms with E-state index in [1.54, 1.807) is 7.05 Å². The lowest BCUT2D eigenvalue weighted by Gasteiger charge is -2.34. The van der Waals surface area contributed by atoms with E-state index < -0.39 is 0 Å². The second-order valence-electron chi connectivity index (χ2n) is 4.88. The number of likely N-dealkylation sites (N-methyl/N-ethyl adjacent to an activating group) is 1. The smallest absolute Gasteiger partial charge is 0.238 e. The van der Waals surface area contributed by atoms with Crippen molar-refractivity contribution in [2.75, 3.05) is 26.7 Å². The maximum atomic E-state index is 11.9. The Morgan fingerprint density at radius 1 is 1.63 bits per heavy atom. The molecule has 1 amide bonds. The molecule has 2 N–H and O–H groups in total. The third kappa shape index (κ3) is 3.33. The molecule has 0 radical (unpaired) electrons. The zero-order valence-corrected chi connectivity index (χ0v) is 11.7. The Morgan fingerprint density at radius 2 is 2.47 bits per heavy atom. The average Bonchev–Trinajstić information content (AvgIpc) is 2.86. The van der Waals surface area contributed by atoms with E-state index in [1.807, 2.05) is 12.5 Å². The Bertz CT molecular complexity index is 417. The third-order valence-corrected chi connectivity index (χ3v) is 3.53. The van der Waals surface area contributed by atoms with E-state index in [2.05, 4.69) is 32.0 Å². The van der Waals surface area contributed by atoms with Gasteiger partial charge in [-0.2, -0.15) is 0 Å².